The topological polar surface area (TPSA) is 41.6 Å². The Bertz CT molecular complexity index is 492. The standard InChI is InChI=1S/C9H6FN3S/c10-6-1-2-7(12-5-6)9-11-4-3-8(14)13-9/h1-5H,(H,11,13,14). The number of H-pyrrole nitrogens is 1. The van der Waals surface area contributed by atoms with Crippen molar-refractivity contribution < 1.29 is 4.39 Å². The number of hydrogen-bond acceptors (Lipinski definition) is 3. The van der Waals surface area contributed by atoms with E-state index in [0.717, 1.165) is 6.20 Å². The summed E-state index contributed by atoms with van der Waals surface area (Å²) in [5, 5.41) is 0. The molecule has 0 aromatic carbocycles. The van der Waals surface area contributed by atoms with Crippen molar-refractivity contribution in [1.82, 2.24) is 15.0 Å². The van der Waals surface area contributed by atoms with Gasteiger partial charge in [-0.3, -0.25) is 0 Å². The molecule has 3 nitrogen and oxygen atoms in total. The lowest BCUT2D eigenvalue weighted by Gasteiger charge is -1.98. The molecule has 0 radical (unpaired) electrons. The minimum atomic E-state index is -0.372. The van der Waals surface area contributed by atoms with Crippen molar-refractivity contribution in [2.75, 3.05) is 0 Å². The van der Waals surface area contributed by atoms with Gasteiger partial charge in [-0.15, -0.1) is 0 Å². The van der Waals surface area contributed by atoms with Crippen LogP contribution in [0.5, 0.6) is 0 Å². The maximum atomic E-state index is 12.6. The maximum Gasteiger partial charge on any atom is 0.156 e. The highest BCUT2D eigenvalue weighted by atomic mass is 32.1. The summed E-state index contributed by atoms with van der Waals surface area (Å²) in [4.78, 5) is 10.8. The average Bonchev–Trinajstić information content (AvgIpc) is 2.19. The first-order valence-corrected chi connectivity index (χ1v) is 4.34. The van der Waals surface area contributed by atoms with E-state index in [-0.39, 0.29) is 5.82 Å². The number of nitrogens with zero attached hydrogens (tertiary/aromatic N) is 2. The number of aromatic nitrogens is 3. The Hall–Kier alpha value is -1.62. The molecule has 0 bridgehead atoms. The summed E-state index contributed by atoms with van der Waals surface area (Å²) in [5.74, 6) is 0.167. The fourth-order valence-corrected chi connectivity index (χ4v) is 1.17. The lowest BCUT2D eigenvalue weighted by Crippen LogP contribution is -1.91. The highest BCUT2D eigenvalue weighted by Gasteiger charge is 2.00. The average molecular weight is 207 g/mol. The van der Waals surface area contributed by atoms with Crippen molar-refractivity contribution >= 4 is 12.2 Å². The van der Waals surface area contributed by atoms with Gasteiger partial charge in [0.2, 0.25) is 0 Å². The van der Waals surface area contributed by atoms with Gasteiger partial charge in [0.15, 0.2) is 5.82 Å². The van der Waals surface area contributed by atoms with Gasteiger partial charge in [-0.05, 0) is 18.2 Å². The quantitative estimate of drug-likeness (QED) is 0.730. The monoisotopic (exact) mass is 207 g/mol. The second-order valence-corrected chi connectivity index (χ2v) is 3.08. The van der Waals surface area contributed by atoms with Crippen molar-refractivity contribution in [1.29, 1.82) is 0 Å². The zero-order valence-electron chi connectivity index (χ0n) is 7.07. The van der Waals surface area contributed by atoms with Gasteiger partial charge >= 0.3 is 0 Å². The molecule has 2 aromatic heterocycles. The van der Waals surface area contributed by atoms with Crippen LogP contribution in [-0.4, -0.2) is 15.0 Å². The Kier molecular flexibility index (Phi) is 2.32. The van der Waals surface area contributed by atoms with Crippen LogP contribution in [-0.2, 0) is 0 Å². The van der Waals surface area contributed by atoms with Crippen LogP contribution in [0.25, 0.3) is 11.5 Å². The number of halogens is 1. The van der Waals surface area contributed by atoms with Gasteiger partial charge in [0.05, 0.1) is 6.20 Å². The number of aromatic amines is 1. The molecule has 2 aromatic rings. The van der Waals surface area contributed by atoms with Crippen LogP contribution < -0.4 is 0 Å². The van der Waals surface area contributed by atoms with Gasteiger partial charge in [0, 0.05) is 6.20 Å². The van der Waals surface area contributed by atoms with Crippen molar-refractivity contribution in [3.8, 4) is 11.5 Å². The molecule has 1 N–H and O–H groups in total. The van der Waals surface area contributed by atoms with Crippen LogP contribution in [0.4, 0.5) is 4.39 Å². The van der Waals surface area contributed by atoms with E-state index in [1.807, 2.05) is 0 Å². The summed E-state index contributed by atoms with van der Waals surface area (Å²) in [6.07, 6.45) is 2.72. The first kappa shape index (κ1) is 8.96. The molecule has 0 unspecified atom stereocenters. The van der Waals surface area contributed by atoms with Crippen molar-refractivity contribution in [3.05, 3.63) is 41.1 Å². The lowest BCUT2D eigenvalue weighted by molar-refractivity contribution is 0.621. The molecule has 70 valence electrons. The first-order valence-electron chi connectivity index (χ1n) is 3.93. The van der Waals surface area contributed by atoms with E-state index in [2.05, 4.69) is 15.0 Å². The van der Waals surface area contributed by atoms with Gasteiger partial charge < -0.3 is 4.98 Å². The van der Waals surface area contributed by atoms with Crippen molar-refractivity contribution in [3.63, 3.8) is 0 Å². The van der Waals surface area contributed by atoms with Gasteiger partial charge in [0.1, 0.15) is 16.2 Å². The summed E-state index contributed by atoms with van der Waals surface area (Å²) < 4.78 is 13.1. The van der Waals surface area contributed by atoms with E-state index < -0.39 is 0 Å². The lowest BCUT2D eigenvalue weighted by atomic mass is 10.3. The van der Waals surface area contributed by atoms with Crippen molar-refractivity contribution in [2.45, 2.75) is 0 Å². The van der Waals surface area contributed by atoms with Crippen LogP contribution in [0.15, 0.2) is 30.6 Å². The Morgan fingerprint density at radius 1 is 1.21 bits per heavy atom. The van der Waals surface area contributed by atoms with E-state index in [4.69, 9.17) is 12.2 Å². The molecule has 0 aliphatic rings. The maximum absolute atomic E-state index is 12.6. The minimum Gasteiger partial charge on any atom is -0.329 e. The highest BCUT2D eigenvalue weighted by Crippen LogP contribution is 2.10. The molecule has 0 saturated heterocycles. The van der Waals surface area contributed by atoms with Crippen LogP contribution in [0, 0.1) is 10.5 Å². The molecule has 5 heteroatoms. The second kappa shape index (κ2) is 3.63. The Balaban J connectivity index is 2.50. The third-order valence-electron chi connectivity index (χ3n) is 1.64. The largest absolute Gasteiger partial charge is 0.329 e. The predicted octanol–water partition coefficient (Wildman–Crippen LogP) is 2.34. The molecule has 2 rings (SSSR count). The third kappa shape index (κ3) is 1.82. The normalized spacial score (nSPS) is 10.1. The fourth-order valence-electron chi connectivity index (χ4n) is 1.02. The predicted molar refractivity (Wildman–Crippen MR) is 52.6 cm³/mol. The fraction of sp³-hybridized carbons (Fsp3) is 0. The molecule has 0 amide bonds. The van der Waals surface area contributed by atoms with Crippen LogP contribution in [0.2, 0.25) is 0 Å². The van der Waals surface area contributed by atoms with E-state index in [1.165, 1.54) is 6.07 Å². The van der Waals surface area contributed by atoms with E-state index in [1.54, 1.807) is 18.3 Å². The Morgan fingerprint density at radius 2 is 2.07 bits per heavy atom. The van der Waals surface area contributed by atoms with Gasteiger partial charge in [0.25, 0.3) is 0 Å². The van der Waals surface area contributed by atoms with Gasteiger partial charge in [-0.2, -0.15) is 0 Å². The van der Waals surface area contributed by atoms with Gasteiger partial charge in [-0.1, -0.05) is 12.2 Å². The number of rotatable bonds is 1. The first-order chi connectivity index (χ1) is 6.75. The summed E-state index contributed by atoms with van der Waals surface area (Å²) in [5.41, 5.74) is 0.568. The summed E-state index contributed by atoms with van der Waals surface area (Å²) in [6, 6.07) is 4.54. The highest BCUT2D eigenvalue weighted by molar-refractivity contribution is 7.71. The summed E-state index contributed by atoms with van der Waals surface area (Å²) in [7, 11) is 0. The molecule has 0 atom stereocenters. The third-order valence-corrected chi connectivity index (χ3v) is 1.88. The SMILES string of the molecule is Fc1ccc(-c2nccc(=S)[nH]2)nc1. The molecule has 0 spiro atoms. The molecule has 0 aliphatic heterocycles. The smallest absolute Gasteiger partial charge is 0.156 e. The molecular formula is C9H6FN3S. The molecule has 0 fully saturated rings. The minimum absolute atomic E-state index is 0.372. The van der Waals surface area contributed by atoms with Crippen LogP contribution in [0.1, 0.15) is 0 Å². The molecule has 2 heterocycles. The number of nitrogens with one attached hydrogen (secondary N) is 1. The Morgan fingerprint density at radius 3 is 2.71 bits per heavy atom. The van der Waals surface area contributed by atoms with Crippen molar-refractivity contribution in [2.24, 2.45) is 0 Å². The number of hydrogen-bond donors (Lipinski definition) is 1. The summed E-state index contributed by atoms with van der Waals surface area (Å²) in [6.45, 7) is 0. The van der Waals surface area contributed by atoms with E-state index in [0.29, 0.717) is 16.2 Å². The number of pyridine rings is 1. The molecule has 0 aliphatic carbocycles. The van der Waals surface area contributed by atoms with E-state index >= 15 is 0 Å². The molecule has 0 saturated carbocycles. The molecule has 14 heavy (non-hydrogen) atoms. The zero-order valence-corrected chi connectivity index (χ0v) is 7.88. The van der Waals surface area contributed by atoms with Gasteiger partial charge in [-0.25, -0.2) is 14.4 Å². The van der Waals surface area contributed by atoms with E-state index in [9.17, 15) is 4.39 Å². The zero-order chi connectivity index (χ0) is 9.97. The molecular weight excluding hydrogens is 201 g/mol. The second-order valence-electron chi connectivity index (χ2n) is 2.64. The van der Waals surface area contributed by atoms with Crippen LogP contribution in [0.3, 0.4) is 0 Å². The van der Waals surface area contributed by atoms with Crippen LogP contribution >= 0.6 is 12.2 Å². The Labute approximate surface area is 84.7 Å². The summed E-state index contributed by atoms with van der Waals surface area (Å²) >= 11 is 4.93.